The fourth-order valence-electron chi connectivity index (χ4n) is 2.87. The molecule has 0 aliphatic heterocycles. The lowest BCUT2D eigenvalue weighted by Crippen LogP contribution is -1.99. The van der Waals surface area contributed by atoms with Gasteiger partial charge in [0.25, 0.3) is 0 Å². The Morgan fingerprint density at radius 3 is 2.46 bits per heavy atom. The summed E-state index contributed by atoms with van der Waals surface area (Å²) in [6.45, 7) is 2.85. The van der Waals surface area contributed by atoms with Gasteiger partial charge in [0.15, 0.2) is 0 Å². The molecular formula is C22H18BrN3. The van der Waals surface area contributed by atoms with Gasteiger partial charge in [0.2, 0.25) is 5.95 Å². The van der Waals surface area contributed by atoms with Gasteiger partial charge in [0.05, 0.1) is 17.6 Å². The van der Waals surface area contributed by atoms with Gasteiger partial charge in [-0.1, -0.05) is 70.0 Å². The number of halogens is 1. The predicted molar refractivity (Wildman–Crippen MR) is 111 cm³/mol. The fraction of sp³-hybridized carbons (Fsp3) is 0.0909. The van der Waals surface area contributed by atoms with Gasteiger partial charge in [-0.15, -0.1) is 0 Å². The molecule has 0 saturated carbocycles. The first kappa shape index (κ1) is 16.7. The molecule has 3 aromatic carbocycles. The molecule has 0 aliphatic carbocycles. The maximum absolute atomic E-state index is 4.71. The maximum Gasteiger partial charge on any atom is 0.230 e. The summed E-state index contributed by atoms with van der Waals surface area (Å²) in [6.07, 6.45) is 1.86. The highest BCUT2D eigenvalue weighted by Gasteiger charge is 2.09. The van der Waals surface area contributed by atoms with Gasteiger partial charge in [-0.25, -0.2) is 9.98 Å². The Bertz CT molecular complexity index is 1060. The van der Waals surface area contributed by atoms with Crippen LogP contribution in [-0.4, -0.2) is 15.8 Å². The molecule has 0 spiro atoms. The van der Waals surface area contributed by atoms with Crippen LogP contribution in [0.4, 0.5) is 5.95 Å². The number of aromatic nitrogens is 2. The maximum atomic E-state index is 4.71. The number of hydrogen-bond acceptors (Lipinski definition) is 2. The van der Waals surface area contributed by atoms with Gasteiger partial charge in [-0.05, 0) is 42.3 Å². The molecule has 128 valence electrons. The van der Waals surface area contributed by atoms with Crippen LogP contribution in [0.25, 0.3) is 11.0 Å². The Labute approximate surface area is 161 Å². The molecule has 0 unspecified atom stereocenters. The molecule has 26 heavy (non-hydrogen) atoms. The third-order valence-corrected chi connectivity index (χ3v) is 4.82. The molecule has 0 amide bonds. The van der Waals surface area contributed by atoms with Crippen LogP contribution >= 0.6 is 15.9 Å². The largest absolute Gasteiger partial charge is 0.304 e. The highest BCUT2D eigenvalue weighted by atomic mass is 79.9. The first-order chi connectivity index (χ1) is 12.7. The molecule has 0 atom stereocenters. The first-order valence-electron chi connectivity index (χ1n) is 8.49. The van der Waals surface area contributed by atoms with E-state index in [1.165, 1.54) is 11.1 Å². The van der Waals surface area contributed by atoms with E-state index in [4.69, 9.17) is 4.98 Å². The van der Waals surface area contributed by atoms with Crippen LogP contribution < -0.4 is 0 Å². The zero-order chi connectivity index (χ0) is 17.9. The van der Waals surface area contributed by atoms with Crippen molar-refractivity contribution in [2.75, 3.05) is 0 Å². The van der Waals surface area contributed by atoms with Crippen molar-refractivity contribution in [1.29, 1.82) is 0 Å². The lowest BCUT2D eigenvalue weighted by atomic mass is 10.1. The molecule has 4 heteroatoms. The second kappa shape index (κ2) is 7.26. The third-order valence-electron chi connectivity index (χ3n) is 4.29. The molecule has 3 nitrogen and oxygen atoms in total. The zero-order valence-corrected chi connectivity index (χ0v) is 16.0. The summed E-state index contributed by atoms with van der Waals surface area (Å²) >= 11 is 3.46. The normalized spacial score (nSPS) is 11.5. The Balaban J connectivity index is 1.73. The lowest BCUT2D eigenvalue weighted by molar-refractivity contribution is 0.827. The second-order valence-electron chi connectivity index (χ2n) is 6.28. The van der Waals surface area contributed by atoms with Gasteiger partial charge in [0, 0.05) is 10.7 Å². The fourth-order valence-corrected chi connectivity index (χ4v) is 3.14. The summed E-state index contributed by atoms with van der Waals surface area (Å²) in [6, 6.07) is 24.8. The number of fused-ring (bicyclic) bond motifs is 1. The summed E-state index contributed by atoms with van der Waals surface area (Å²) in [5.74, 6) is 0.717. The van der Waals surface area contributed by atoms with Gasteiger partial charge in [0.1, 0.15) is 0 Å². The van der Waals surface area contributed by atoms with Crippen LogP contribution in [0.15, 0.2) is 82.3 Å². The van der Waals surface area contributed by atoms with Crippen LogP contribution in [0.1, 0.15) is 16.7 Å². The number of para-hydroxylation sites is 2. The molecule has 0 radical (unpaired) electrons. The van der Waals surface area contributed by atoms with Crippen LogP contribution in [0.5, 0.6) is 0 Å². The molecule has 0 N–H and O–H groups in total. The van der Waals surface area contributed by atoms with Crippen LogP contribution in [0.2, 0.25) is 0 Å². The third kappa shape index (κ3) is 3.60. The van der Waals surface area contributed by atoms with Crippen LogP contribution in [0.3, 0.4) is 0 Å². The number of aliphatic imine (C=N–C) groups is 1. The summed E-state index contributed by atoms with van der Waals surface area (Å²) in [7, 11) is 0. The van der Waals surface area contributed by atoms with E-state index >= 15 is 0 Å². The van der Waals surface area contributed by atoms with E-state index in [0.717, 1.165) is 33.6 Å². The molecule has 4 rings (SSSR count). The van der Waals surface area contributed by atoms with E-state index in [1.807, 2.05) is 48.7 Å². The summed E-state index contributed by atoms with van der Waals surface area (Å²) in [4.78, 5) is 9.38. The highest BCUT2D eigenvalue weighted by molar-refractivity contribution is 9.10. The van der Waals surface area contributed by atoms with Crippen molar-refractivity contribution in [3.8, 4) is 0 Å². The van der Waals surface area contributed by atoms with Crippen molar-refractivity contribution >= 4 is 39.1 Å². The monoisotopic (exact) mass is 403 g/mol. The Morgan fingerprint density at radius 2 is 1.69 bits per heavy atom. The average molecular weight is 404 g/mol. The van der Waals surface area contributed by atoms with E-state index in [2.05, 4.69) is 62.7 Å². The highest BCUT2D eigenvalue weighted by Crippen LogP contribution is 2.23. The Morgan fingerprint density at radius 1 is 0.962 bits per heavy atom. The topological polar surface area (TPSA) is 30.2 Å². The van der Waals surface area contributed by atoms with Crippen molar-refractivity contribution in [3.63, 3.8) is 0 Å². The van der Waals surface area contributed by atoms with Crippen molar-refractivity contribution in [1.82, 2.24) is 9.55 Å². The Kier molecular flexibility index (Phi) is 4.67. The Hall–Kier alpha value is -2.72. The molecule has 0 saturated heterocycles. The van der Waals surface area contributed by atoms with E-state index in [0.29, 0.717) is 0 Å². The van der Waals surface area contributed by atoms with E-state index in [-0.39, 0.29) is 0 Å². The number of aryl methyl sites for hydroxylation is 1. The molecule has 0 aliphatic rings. The van der Waals surface area contributed by atoms with Crippen molar-refractivity contribution in [2.45, 2.75) is 13.5 Å². The van der Waals surface area contributed by atoms with Crippen LogP contribution in [0, 0.1) is 6.92 Å². The number of hydrogen-bond donors (Lipinski definition) is 0. The molecule has 0 fully saturated rings. The van der Waals surface area contributed by atoms with Gasteiger partial charge >= 0.3 is 0 Å². The summed E-state index contributed by atoms with van der Waals surface area (Å²) in [5.41, 5.74) is 5.59. The van der Waals surface area contributed by atoms with Crippen molar-refractivity contribution < 1.29 is 0 Å². The number of nitrogens with zero attached hydrogens (tertiary/aromatic N) is 3. The summed E-state index contributed by atoms with van der Waals surface area (Å²) in [5, 5.41) is 0. The van der Waals surface area contributed by atoms with Crippen LogP contribution in [-0.2, 0) is 6.54 Å². The van der Waals surface area contributed by atoms with E-state index in [9.17, 15) is 0 Å². The number of imidazole rings is 1. The quantitative estimate of drug-likeness (QED) is 0.389. The summed E-state index contributed by atoms with van der Waals surface area (Å²) < 4.78 is 3.22. The first-order valence-corrected chi connectivity index (χ1v) is 9.29. The molecule has 4 aromatic rings. The van der Waals surface area contributed by atoms with Crippen molar-refractivity contribution in [3.05, 3.63) is 94.0 Å². The molecule has 0 bridgehead atoms. The minimum atomic E-state index is 0.717. The van der Waals surface area contributed by atoms with Gasteiger partial charge in [-0.2, -0.15) is 0 Å². The lowest BCUT2D eigenvalue weighted by Gasteiger charge is -2.07. The molecule has 1 aromatic heterocycles. The smallest absolute Gasteiger partial charge is 0.230 e. The predicted octanol–water partition coefficient (Wildman–Crippen LogP) is 5.91. The van der Waals surface area contributed by atoms with Gasteiger partial charge in [-0.3, -0.25) is 0 Å². The standard InChI is InChI=1S/C22H18BrN3/c1-16-6-8-18(9-7-16)15-26-21-5-3-2-4-20(21)25-22(26)24-14-17-10-12-19(23)13-11-17/h2-14H,15H2,1H3/b24-14+. The molecule has 1 heterocycles. The number of benzene rings is 3. The zero-order valence-electron chi connectivity index (χ0n) is 14.4. The minimum Gasteiger partial charge on any atom is -0.304 e. The van der Waals surface area contributed by atoms with E-state index in [1.54, 1.807) is 0 Å². The van der Waals surface area contributed by atoms with Gasteiger partial charge < -0.3 is 4.57 Å². The van der Waals surface area contributed by atoms with E-state index < -0.39 is 0 Å². The van der Waals surface area contributed by atoms with Crippen molar-refractivity contribution in [2.24, 2.45) is 4.99 Å². The minimum absolute atomic E-state index is 0.717. The second-order valence-corrected chi connectivity index (χ2v) is 7.20. The SMILES string of the molecule is Cc1ccc(Cn2c(/N=C/c3ccc(Br)cc3)nc3ccccc32)cc1. The number of rotatable bonds is 4. The molecular weight excluding hydrogens is 386 g/mol. The average Bonchev–Trinajstić information content (AvgIpc) is 3.01.